The highest BCUT2D eigenvalue weighted by Crippen LogP contribution is 2.23. The van der Waals surface area contributed by atoms with Crippen LogP contribution in [0.2, 0.25) is 0 Å². The smallest absolute Gasteiger partial charge is 0.292 e. The Morgan fingerprint density at radius 1 is 1.13 bits per heavy atom. The van der Waals surface area contributed by atoms with Crippen molar-refractivity contribution in [3.05, 3.63) is 34.4 Å². The van der Waals surface area contributed by atoms with Gasteiger partial charge in [-0.3, -0.25) is 14.9 Å². The number of nitrogens with one attached hydrogen (secondary N) is 1. The molecule has 2 heterocycles. The molecule has 0 aliphatic carbocycles. The average molecular weight is 456 g/mol. The second kappa shape index (κ2) is 10.0. The third kappa shape index (κ3) is 5.98. The number of hydrogen-bond acceptors (Lipinski definition) is 7. The lowest BCUT2D eigenvalue weighted by atomic mass is 10.2. The zero-order valence-electron chi connectivity index (χ0n) is 17.8. The van der Waals surface area contributed by atoms with Crippen molar-refractivity contribution in [1.29, 1.82) is 0 Å². The van der Waals surface area contributed by atoms with Gasteiger partial charge < -0.3 is 15.0 Å². The van der Waals surface area contributed by atoms with E-state index < -0.39 is 15.1 Å². The first kappa shape index (κ1) is 23.5. The van der Waals surface area contributed by atoms with Crippen LogP contribution in [0.15, 0.2) is 24.3 Å². The average Bonchev–Trinajstić information content (AvgIpc) is 2.72. The Kier molecular flexibility index (Phi) is 7.59. The van der Waals surface area contributed by atoms with Crippen LogP contribution in [-0.4, -0.2) is 90.8 Å². The van der Waals surface area contributed by atoms with Crippen molar-refractivity contribution in [2.24, 2.45) is 0 Å². The number of nitrogens with zero attached hydrogens (tertiary/aromatic N) is 4. The van der Waals surface area contributed by atoms with E-state index >= 15 is 0 Å². The van der Waals surface area contributed by atoms with Crippen molar-refractivity contribution in [3.63, 3.8) is 0 Å². The molecule has 1 amide bonds. The molecule has 0 radical (unpaired) electrons. The van der Waals surface area contributed by atoms with Crippen molar-refractivity contribution in [1.82, 2.24) is 13.5 Å². The molecule has 0 aromatic heterocycles. The first-order valence-electron chi connectivity index (χ1n) is 10.3. The number of anilines is 1. The summed E-state index contributed by atoms with van der Waals surface area (Å²) in [6, 6.07) is 6.00. The summed E-state index contributed by atoms with van der Waals surface area (Å²) >= 11 is 0. The molecule has 1 aromatic rings. The van der Waals surface area contributed by atoms with E-state index in [0.29, 0.717) is 45.8 Å². The van der Waals surface area contributed by atoms with Gasteiger partial charge in [0.1, 0.15) is 5.69 Å². The standard InChI is InChI=1S/C19H29N5O6S/c1-15-13-23(14-16(2)30-15)31(28,29)22-11-9-21(10-12-22)8-7-19(25)20-17-5-3-4-6-18(17)24(26)27/h3-6,15-16H,7-14H2,1-2H3,(H,20,25). The molecule has 11 nitrogen and oxygen atoms in total. The third-order valence-corrected chi connectivity index (χ3v) is 7.37. The van der Waals surface area contributed by atoms with Gasteiger partial charge in [0.25, 0.3) is 15.9 Å². The van der Waals surface area contributed by atoms with E-state index in [1.54, 1.807) is 12.1 Å². The van der Waals surface area contributed by atoms with Gasteiger partial charge in [-0.25, -0.2) is 0 Å². The summed E-state index contributed by atoms with van der Waals surface area (Å²) < 4.78 is 34.5. The number of morpholine rings is 1. The molecule has 2 fully saturated rings. The highest BCUT2D eigenvalue weighted by Gasteiger charge is 2.36. The summed E-state index contributed by atoms with van der Waals surface area (Å²) in [5, 5.41) is 13.6. The maximum atomic E-state index is 13.0. The van der Waals surface area contributed by atoms with Crippen LogP contribution >= 0.6 is 0 Å². The largest absolute Gasteiger partial charge is 0.373 e. The van der Waals surface area contributed by atoms with E-state index in [-0.39, 0.29) is 35.9 Å². The summed E-state index contributed by atoms with van der Waals surface area (Å²) in [6.45, 7) is 6.63. The number of ether oxygens (including phenoxy) is 1. The molecule has 0 spiro atoms. The van der Waals surface area contributed by atoms with E-state index in [2.05, 4.69) is 5.32 Å². The molecular weight excluding hydrogens is 426 g/mol. The van der Waals surface area contributed by atoms with Gasteiger partial charge >= 0.3 is 0 Å². The van der Waals surface area contributed by atoms with E-state index in [1.165, 1.54) is 20.7 Å². The molecule has 2 aliphatic heterocycles. The molecule has 2 unspecified atom stereocenters. The lowest BCUT2D eigenvalue weighted by molar-refractivity contribution is -0.383. The van der Waals surface area contributed by atoms with Crippen molar-refractivity contribution in [2.75, 3.05) is 51.1 Å². The van der Waals surface area contributed by atoms with Crippen molar-refractivity contribution >= 4 is 27.5 Å². The van der Waals surface area contributed by atoms with Gasteiger partial charge in [-0.2, -0.15) is 17.0 Å². The minimum absolute atomic E-state index is 0.140. The molecule has 2 aliphatic rings. The maximum absolute atomic E-state index is 13.0. The number of benzene rings is 1. The highest BCUT2D eigenvalue weighted by molar-refractivity contribution is 7.86. The molecule has 1 aromatic carbocycles. The number of hydrogen-bond donors (Lipinski definition) is 1. The molecule has 31 heavy (non-hydrogen) atoms. The lowest BCUT2D eigenvalue weighted by Crippen LogP contribution is -2.57. The first-order valence-corrected chi connectivity index (χ1v) is 11.7. The van der Waals surface area contributed by atoms with Crippen LogP contribution in [0.25, 0.3) is 0 Å². The molecule has 172 valence electrons. The van der Waals surface area contributed by atoms with Crippen LogP contribution in [0.5, 0.6) is 0 Å². The normalized spacial score (nSPS) is 24.1. The summed E-state index contributed by atoms with van der Waals surface area (Å²) in [5.74, 6) is -0.319. The third-order valence-electron chi connectivity index (χ3n) is 5.40. The predicted molar refractivity (Wildman–Crippen MR) is 115 cm³/mol. The Morgan fingerprint density at radius 3 is 2.35 bits per heavy atom. The van der Waals surface area contributed by atoms with Crippen LogP contribution in [0.4, 0.5) is 11.4 Å². The predicted octanol–water partition coefficient (Wildman–Crippen LogP) is 0.895. The van der Waals surface area contributed by atoms with Crippen molar-refractivity contribution < 1.29 is 22.9 Å². The summed E-state index contributed by atoms with van der Waals surface area (Å²) in [6.07, 6.45) is -0.116. The second-order valence-electron chi connectivity index (χ2n) is 7.90. The fraction of sp³-hybridized carbons (Fsp3) is 0.632. The summed E-state index contributed by atoms with van der Waals surface area (Å²) in [7, 11) is -3.54. The Labute approximate surface area is 182 Å². The number of nitro groups is 1. The van der Waals surface area contributed by atoms with Crippen LogP contribution in [-0.2, 0) is 19.7 Å². The molecule has 3 rings (SSSR count). The van der Waals surface area contributed by atoms with E-state index in [1.807, 2.05) is 18.7 Å². The van der Waals surface area contributed by atoms with Crippen LogP contribution in [0.1, 0.15) is 20.3 Å². The quantitative estimate of drug-likeness (QED) is 0.478. The second-order valence-corrected chi connectivity index (χ2v) is 9.82. The summed E-state index contributed by atoms with van der Waals surface area (Å²) in [4.78, 5) is 24.8. The van der Waals surface area contributed by atoms with Gasteiger partial charge in [0, 0.05) is 58.3 Å². The number of carbonyl (C=O) groups excluding carboxylic acids is 1. The lowest BCUT2D eigenvalue weighted by Gasteiger charge is -2.40. The van der Waals surface area contributed by atoms with E-state index in [9.17, 15) is 23.3 Å². The topological polar surface area (TPSA) is 125 Å². The van der Waals surface area contributed by atoms with E-state index in [4.69, 9.17) is 4.74 Å². The Morgan fingerprint density at radius 2 is 1.74 bits per heavy atom. The molecule has 12 heteroatoms. The Bertz CT molecular complexity index is 893. The van der Waals surface area contributed by atoms with Gasteiger partial charge in [0.15, 0.2) is 0 Å². The minimum Gasteiger partial charge on any atom is -0.373 e. The number of piperazine rings is 1. The number of nitro benzene ring substituents is 1. The molecular formula is C19H29N5O6S. The van der Waals surface area contributed by atoms with Crippen LogP contribution in [0, 0.1) is 10.1 Å². The number of amides is 1. The molecule has 2 saturated heterocycles. The van der Waals surface area contributed by atoms with Gasteiger partial charge in [-0.1, -0.05) is 12.1 Å². The molecule has 0 saturated carbocycles. The highest BCUT2D eigenvalue weighted by atomic mass is 32.2. The summed E-state index contributed by atoms with van der Waals surface area (Å²) in [5.41, 5.74) is 0.0174. The zero-order valence-corrected chi connectivity index (χ0v) is 18.6. The van der Waals surface area contributed by atoms with Gasteiger partial charge in [-0.15, -0.1) is 0 Å². The Hall–Kier alpha value is -2.12. The Balaban J connectivity index is 1.47. The minimum atomic E-state index is -3.54. The monoisotopic (exact) mass is 455 g/mol. The van der Waals surface area contributed by atoms with Gasteiger partial charge in [0.2, 0.25) is 5.91 Å². The molecule has 1 N–H and O–H groups in total. The number of rotatable bonds is 7. The maximum Gasteiger partial charge on any atom is 0.292 e. The van der Waals surface area contributed by atoms with Crippen molar-refractivity contribution in [2.45, 2.75) is 32.5 Å². The number of para-hydroxylation sites is 2. The van der Waals surface area contributed by atoms with E-state index in [0.717, 1.165) is 0 Å². The van der Waals surface area contributed by atoms with Crippen molar-refractivity contribution in [3.8, 4) is 0 Å². The zero-order chi connectivity index (χ0) is 22.6. The first-order chi connectivity index (χ1) is 14.7. The fourth-order valence-corrected chi connectivity index (χ4v) is 5.63. The molecule has 2 atom stereocenters. The van der Waals surface area contributed by atoms with Gasteiger partial charge in [0.05, 0.1) is 17.1 Å². The SMILES string of the molecule is CC1CN(S(=O)(=O)N2CCN(CCC(=O)Nc3ccccc3[N+](=O)[O-])CC2)CC(C)O1. The van der Waals surface area contributed by atoms with Crippen LogP contribution in [0.3, 0.4) is 0 Å². The number of carbonyl (C=O) groups is 1. The molecule has 0 bridgehead atoms. The van der Waals surface area contributed by atoms with Crippen LogP contribution < -0.4 is 5.32 Å². The fourth-order valence-electron chi connectivity index (χ4n) is 3.88. The van der Waals surface area contributed by atoms with Gasteiger partial charge in [-0.05, 0) is 19.9 Å².